The maximum absolute atomic E-state index is 11.4. The summed E-state index contributed by atoms with van der Waals surface area (Å²) in [4.78, 5) is 11.9. The van der Waals surface area contributed by atoms with Crippen molar-refractivity contribution in [3.8, 4) is 0 Å². The van der Waals surface area contributed by atoms with Crippen molar-refractivity contribution in [3.63, 3.8) is 0 Å². The van der Waals surface area contributed by atoms with E-state index in [9.17, 15) is 8.42 Å². The van der Waals surface area contributed by atoms with Gasteiger partial charge in [0.1, 0.15) is 5.15 Å². The number of hydrogen-bond acceptors (Lipinski definition) is 6. The highest BCUT2D eigenvalue weighted by molar-refractivity contribution is 9.11. The fourth-order valence-corrected chi connectivity index (χ4v) is 4.49. The molecule has 0 fully saturated rings. The average Bonchev–Trinajstić information content (AvgIpc) is 2.76. The molecule has 0 saturated heterocycles. The number of sulfone groups is 1. The fraction of sp³-hybridized carbons (Fsp3) is 0.318. The molecule has 33 heavy (non-hydrogen) atoms. The van der Waals surface area contributed by atoms with E-state index in [1.54, 1.807) is 30.9 Å². The molecule has 0 aromatic carbocycles. The minimum Gasteiger partial charge on any atom is -0.249 e. The zero-order valence-electron chi connectivity index (χ0n) is 18.9. The second-order valence-corrected chi connectivity index (χ2v) is 13.1. The highest BCUT2D eigenvalue weighted by atomic mass is 79.9. The summed E-state index contributed by atoms with van der Waals surface area (Å²) in [6.07, 6.45) is 5.06. The largest absolute Gasteiger partial charge is 0.249 e. The quantitative estimate of drug-likeness (QED) is 0.203. The third-order valence-corrected chi connectivity index (χ3v) is 9.17. The highest BCUT2D eigenvalue weighted by Gasteiger charge is 2.13. The van der Waals surface area contributed by atoms with Crippen LogP contribution in [0, 0.1) is 20.8 Å². The van der Waals surface area contributed by atoms with Crippen molar-refractivity contribution < 1.29 is 8.42 Å². The predicted octanol–water partition coefficient (Wildman–Crippen LogP) is 8.02. The van der Waals surface area contributed by atoms with Gasteiger partial charge in [-0.05, 0) is 109 Å². The van der Waals surface area contributed by atoms with Crippen LogP contribution in [-0.4, -0.2) is 34.9 Å². The van der Waals surface area contributed by atoms with Gasteiger partial charge < -0.3 is 0 Å². The maximum atomic E-state index is 11.4. The lowest BCUT2D eigenvalue weighted by molar-refractivity contribution is 0.593. The van der Waals surface area contributed by atoms with E-state index in [0.29, 0.717) is 5.15 Å². The first-order valence-corrected chi connectivity index (χ1v) is 15.2. The average molecular weight is 703 g/mol. The smallest absolute Gasteiger partial charge is 0.195 e. The third-order valence-electron chi connectivity index (χ3n) is 4.05. The second-order valence-electron chi connectivity index (χ2n) is 6.64. The van der Waals surface area contributed by atoms with Gasteiger partial charge in [0.25, 0.3) is 0 Å². The SMILES string of the molecule is CCS(=O)(=O)c1cc(C)c(Br)cn1.CCSc1cc(C)c(Br)cn1.Cc1cc(Cl)ncc1Br. The molecule has 3 rings (SSSR count). The van der Waals surface area contributed by atoms with Crippen LogP contribution in [0.25, 0.3) is 0 Å². The molecule has 3 aromatic heterocycles. The maximum Gasteiger partial charge on any atom is 0.195 e. The van der Waals surface area contributed by atoms with Gasteiger partial charge in [-0.1, -0.05) is 25.4 Å². The van der Waals surface area contributed by atoms with E-state index in [1.807, 2.05) is 26.1 Å². The first-order chi connectivity index (χ1) is 15.4. The molecule has 0 aliphatic rings. The molecule has 11 heteroatoms. The standard InChI is InChI=1S/C8H10BrNO2S.C8H10BrNS.C6H5BrClN/c1-3-13(11,12)8-4-6(2)7(9)5-10-8;1-3-11-8-4-6(2)7(9)5-10-8;1-4-2-6(8)9-3-5(4)7/h4-5H,3H2,1-2H3;4-5H,3H2,1-2H3;2-3H,1H3. The van der Waals surface area contributed by atoms with Gasteiger partial charge in [-0.25, -0.2) is 23.4 Å². The van der Waals surface area contributed by atoms with Crippen LogP contribution in [-0.2, 0) is 9.84 Å². The third kappa shape index (κ3) is 10.7. The van der Waals surface area contributed by atoms with E-state index in [4.69, 9.17) is 11.6 Å². The van der Waals surface area contributed by atoms with Crippen LogP contribution in [0.1, 0.15) is 30.5 Å². The molecule has 0 atom stereocenters. The summed E-state index contributed by atoms with van der Waals surface area (Å²) in [6, 6.07) is 5.48. The second kappa shape index (κ2) is 14.8. The zero-order valence-corrected chi connectivity index (χ0v) is 26.0. The fourth-order valence-electron chi connectivity index (χ4n) is 2.08. The molecule has 0 N–H and O–H groups in total. The van der Waals surface area contributed by atoms with E-state index >= 15 is 0 Å². The minimum atomic E-state index is -3.17. The van der Waals surface area contributed by atoms with Crippen LogP contribution in [0.5, 0.6) is 0 Å². The molecule has 0 unspecified atom stereocenters. The van der Waals surface area contributed by atoms with Gasteiger partial charge in [-0.15, -0.1) is 11.8 Å². The van der Waals surface area contributed by atoms with Crippen molar-refractivity contribution >= 4 is 81.0 Å². The summed E-state index contributed by atoms with van der Waals surface area (Å²) in [5.41, 5.74) is 3.23. The van der Waals surface area contributed by atoms with Gasteiger partial charge in [0.05, 0.1) is 10.8 Å². The summed E-state index contributed by atoms with van der Waals surface area (Å²) in [7, 11) is -3.17. The molecule has 0 aliphatic heterocycles. The Balaban J connectivity index is 0.000000252. The summed E-state index contributed by atoms with van der Waals surface area (Å²) < 4.78 is 25.7. The van der Waals surface area contributed by atoms with Crippen molar-refractivity contribution in [2.45, 2.75) is 44.7 Å². The van der Waals surface area contributed by atoms with Crippen molar-refractivity contribution in [3.05, 3.63) is 72.1 Å². The Morgan fingerprint density at radius 1 is 0.818 bits per heavy atom. The topological polar surface area (TPSA) is 72.8 Å². The van der Waals surface area contributed by atoms with E-state index in [1.165, 1.54) is 11.8 Å². The lowest BCUT2D eigenvalue weighted by Crippen LogP contribution is -2.06. The van der Waals surface area contributed by atoms with Crippen LogP contribution >= 0.6 is 71.2 Å². The minimum absolute atomic E-state index is 0.0844. The number of halogens is 4. The highest BCUT2D eigenvalue weighted by Crippen LogP contribution is 2.21. The predicted molar refractivity (Wildman–Crippen MR) is 149 cm³/mol. The molecule has 0 bridgehead atoms. The van der Waals surface area contributed by atoms with Crippen molar-refractivity contribution in [2.24, 2.45) is 0 Å². The molecule has 0 amide bonds. The van der Waals surface area contributed by atoms with E-state index in [2.05, 4.69) is 82.7 Å². The Hall–Kier alpha value is -0.520. The summed E-state index contributed by atoms with van der Waals surface area (Å²) in [6.45, 7) is 9.61. The first kappa shape index (κ1) is 30.5. The van der Waals surface area contributed by atoms with Crippen molar-refractivity contribution in [1.29, 1.82) is 0 Å². The van der Waals surface area contributed by atoms with E-state index < -0.39 is 9.84 Å². The lowest BCUT2D eigenvalue weighted by atomic mass is 10.3. The number of hydrogen-bond donors (Lipinski definition) is 0. The number of aryl methyl sites for hydroxylation is 3. The molecule has 180 valence electrons. The van der Waals surface area contributed by atoms with Crippen LogP contribution in [0.4, 0.5) is 0 Å². The number of rotatable bonds is 4. The van der Waals surface area contributed by atoms with Gasteiger partial charge in [0, 0.05) is 32.0 Å². The number of pyridine rings is 3. The number of thioether (sulfide) groups is 1. The molecule has 0 saturated carbocycles. The van der Waals surface area contributed by atoms with Crippen molar-refractivity contribution in [1.82, 2.24) is 15.0 Å². The molecule has 5 nitrogen and oxygen atoms in total. The molecular formula is C22H25Br3ClN3O2S2. The van der Waals surface area contributed by atoms with Crippen molar-refractivity contribution in [2.75, 3.05) is 11.5 Å². The Kier molecular flexibility index (Phi) is 13.7. The summed E-state index contributed by atoms with van der Waals surface area (Å²) >= 11 is 17.3. The van der Waals surface area contributed by atoms with Crippen LogP contribution in [0.2, 0.25) is 5.15 Å². The number of nitrogens with zero attached hydrogens (tertiary/aromatic N) is 3. The first-order valence-electron chi connectivity index (χ1n) is 9.78. The van der Waals surface area contributed by atoms with Gasteiger partial charge >= 0.3 is 0 Å². The van der Waals surface area contributed by atoms with E-state index in [-0.39, 0.29) is 10.8 Å². The molecule has 3 aromatic rings. The van der Waals surface area contributed by atoms with Gasteiger partial charge in [-0.3, -0.25) is 0 Å². The van der Waals surface area contributed by atoms with Crippen LogP contribution in [0.3, 0.4) is 0 Å². The van der Waals surface area contributed by atoms with E-state index in [0.717, 1.165) is 35.3 Å². The Morgan fingerprint density at radius 2 is 1.30 bits per heavy atom. The molecular weight excluding hydrogens is 678 g/mol. The molecule has 0 radical (unpaired) electrons. The van der Waals surface area contributed by atoms with Crippen LogP contribution in [0.15, 0.2) is 60.3 Å². The lowest BCUT2D eigenvalue weighted by Gasteiger charge is -2.02. The Labute approximate surface area is 230 Å². The normalized spacial score (nSPS) is 10.6. The molecule has 0 aliphatic carbocycles. The summed E-state index contributed by atoms with van der Waals surface area (Å²) in [5.74, 6) is 1.16. The van der Waals surface area contributed by atoms with Gasteiger partial charge in [-0.2, -0.15) is 0 Å². The monoisotopic (exact) mass is 699 g/mol. The van der Waals surface area contributed by atoms with Gasteiger partial charge in [0.2, 0.25) is 0 Å². The Bertz CT molecular complexity index is 1180. The molecule has 3 heterocycles. The summed E-state index contributed by atoms with van der Waals surface area (Å²) in [5, 5.41) is 1.79. The molecule has 0 spiro atoms. The van der Waals surface area contributed by atoms with Crippen LogP contribution < -0.4 is 0 Å². The number of aromatic nitrogens is 3. The zero-order chi connectivity index (χ0) is 25.2. The van der Waals surface area contributed by atoms with Gasteiger partial charge in [0.15, 0.2) is 14.9 Å². The Morgan fingerprint density at radius 3 is 1.73 bits per heavy atom.